The van der Waals surface area contributed by atoms with Crippen LogP contribution in [0.5, 0.6) is 0 Å². The van der Waals surface area contributed by atoms with E-state index in [9.17, 15) is 18.0 Å². The van der Waals surface area contributed by atoms with E-state index in [2.05, 4.69) is 15.5 Å². The minimum atomic E-state index is -4.54. The average molecular weight is 447 g/mol. The molecule has 5 nitrogen and oxygen atoms in total. The normalized spacial score (nSPS) is 26.1. The third-order valence-corrected chi connectivity index (χ3v) is 7.55. The fraction of sp³-hybridized carbons (Fsp3) is 0.632. The maximum absolute atomic E-state index is 13.1. The Kier molecular flexibility index (Phi) is 5.48. The van der Waals surface area contributed by atoms with Crippen molar-refractivity contribution in [2.75, 3.05) is 0 Å². The number of carbonyl (C=O) groups excluding carboxylic acids is 1. The van der Waals surface area contributed by atoms with Crippen molar-refractivity contribution in [3.05, 3.63) is 22.8 Å². The zero-order chi connectivity index (χ0) is 20.9. The van der Waals surface area contributed by atoms with Crippen LogP contribution in [0, 0.1) is 17.8 Å². The van der Waals surface area contributed by atoms with Gasteiger partial charge < -0.3 is 5.32 Å². The van der Waals surface area contributed by atoms with E-state index in [1.54, 1.807) is 6.92 Å². The third kappa shape index (κ3) is 4.08. The van der Waals surface area contributed by atoms with Crippen molar-refractivity contribution in [3.63, 3.8) is 0 Å². The van der Waals surface area contributed by atoms with Gasteiger partial charge in [0.2, 0.25) is 5.91 Å². The average Bonchev–Trinajstić information content (AvgIpc) is 3.36. The van der Waals surface area contributed by atoms with Gasteiger partial charge in [0.25, 0.3) is 0 Å². The molecule has 2 fully saturated rings. The minimum Gasteiger partial charge on any atom is -0.352 e. The van der Waals surface area contributed by atoms with Crippen LogP contribution in [-0.2, 0) is 11.0 Å². The Hall–Kier alpha value is -1.48. The van der Waals surface area contributed by atoms with Crippen molar-refractivity contribution in [1.29, 1.82) is 0 Å². The highest BCUT2D eigenvalue weighted by Crippen LogP contribution is 2.49. The fourth-order valence-electron chi connectivity index (χ4n) is 4.74. The van der Waals surface area contributed by atoms with Crippen molar-refractivity contribution < 1.29 is 18.0 Å². The van der Waals surface area contributed by atoms with Crippen LogP contribution in [0.2, 0.25) is 5.02 Å². The molecule has 2 saturated carbocycles. The first-order valence-corrected chi connectivity index (χ1v) is 11.0. The first-order chi connectivity index (χ1) is 13.6. The molecule has 2 aromatic heterocycles. The highest BCUT2D eigenvalue weighted by atomic mass is 35.5. The standard InChI is InChI=1S/C19H22ClF3N4OS/c1-9(14-6-11-3-4-12(14)5-11)24-17(28)10(2)29-18-26-25-16-15(20)7-13(8-27(16)18)19(21,22)23/h7-12,14H,3-6H2,1-2H3,(H,24,28)/t9-,10+,11+,12+,14+/m0/s1. The Morgan fingerprint density at radius 2 is 2.07 bits per heavy atom. The summed E-state index contributed by atoms with van der Waals surface area (Å²) in [4.78, 5) is 12.7. The van der Waals surface area contributed by atoms with Crippen LogP contribution >= 0.6 is 23.4 Å². The number of fused-ring (bicyclic) bond motifs is 3. The van der Waals surface area contributed by atoms with Crippen LogP contribution in [0.25, 0.3) is 5.65 Å². The summed E-state index contributed by atoms with van der Waals surface area (Å²) < 4.78 is 40.5. The summed E-state index contributed by atoms with van der Waals surface area (Å²) in [5, 5.41) is 10.4. The number of rotatable bonds is 5. The second-order valence-corrected chi connectivity index (χ2v) is 9.86. The van der Waals surface area contributed by atoms with Gasteiger partial charge in [0.05, 0.1) is 15.8 Å². The number of amides is 1. The number of nitrogens with one attached hydrogen (secondary N) is 1. The Labute approximate surface area is 175 Å². The summed E-state index contributed by atoms with van der Waals surface area (Å²) in [6.07, 6.45) is 1.35. The SMILES string of the molecule is C[C@H](NC(=O)[C@@H](C)Sc1nnc2c(Cl)cc(C(F)(F)F)cn12)[C@H]1C[C@@H]2CC[C@@H]1C2. The lowest BCUT2D eigenvalue weighted by Crippen LogP contribution is -2.43. The number of aromatic nitrogens is 3. The van der Waals surface area contributed by atoms with Crippen LogP contribution in [0.1, 0.15) is 45.1 Å². The van der Waals surface area contributed by atoms with E-state index in [-0.39, 0.29) is 27.8 Å². The van der Waals surface area contributed by atoms with Crippen molar-refractivity contribution in [3.8, 4) is 0 Å². The molecule has 29 heavy (non-hydrogen) atoms. The predicted molar refractivity (Wildman–Crippen MR) is 105 cm³/mol. The number of hydrogen-bond acceptors (Lipinski definition) is 4. The molecule has 1 N–H and O–H groups in total. The number of carbonyl (C=O) groups is 1. The maximum atomic E-state index is 13.1. The quantitative estimate of drug-likeness (QED) is 0.669. The number of halogens is 4. The summed E-state index contributed by atoms with van der Waals surface area (Å²) in [7, 11) is 0. The lowest BCUT2D eigenvalue weighted by atomic mass is 9.84. The second-order valence-electron chi connectivity index (χ2n) is 8.15. The molecule has 10 heteroatoms. The smallest absolute Gasteiger partial charge is 0.352 e. The fourth-order valence-corrected chi connectivity index (χ4v) is 5.81. The lowest BCUT2D eigenvalue weighted by molar-refractivity contribution is -0.137. The van der Waals surface area contributed by atoms with E-state index < -0.39 is 17.0 Å². The van der Waals surface area contributed by atoms with Gasteiger partial charge in [-0.05, 0) is 56.9 Å². The molecule has 2 heterocycles. The van der Waals surface area contributed by atoms with Crippen molar-refractivity contribution in [2.24, 2.45) is 17.8 Å². The summed E-state index contributed by atoms with van der Waals surface area (Å²) in [5.74, 6) is 1.85. The topological polar surface area (TPSA) is 59.3 Å². The largest absolute Gasteiger partial charge is 0.417 e. The van der Waals surface area contributed by atoms with Crippen molar-refractivity contribution >= 4 is 34.9 Å². The molecule has 0 aromatic carbocycles. The summed E-state index contributed by atoms with van der Waals surface area (Å²) >= 11 is 7.01. The van der Waals surface area contributed by atoms with E-state index >= 15 is 0 Å². The molecule has 2 aliphatic carbocycles. The molecule has 0 unspecified atom stereocenters. The summed E-state index contributed by atoms with van der Waals surface area (Å²) in [6.45, 7) is 3.76. The van der Waals surface area contributed by atoms with E-state index in [4.69, 9.17) is 11.6 Å². The molecule has 2 bridgehead atoms. The van der Waals surface area contributed by atoms with Crippen molar-refractivity contribution in [1.82, 2.24) is 19.9 Å². The monoisotopic (exact) mass is 446 g/mol. The third-order valence-electron chi connectivity index (χ3n) is 6.21. The molecule has 2 aliphatic rings. The predicted octanol–water partition coefficient (Wildman–Crippen LogP) is 4.82. The molecular formula is C19H22ClF3N4OS. The van der Waals surface area contributed by atoms with E-state index in [1.807, 2.05) is 6.92 Å². The molecule has 2 aromatic rings. The Morgan fingerprint density at radius 1 is 1.31 bits per heavy atom. The van der Waals surface area contributed by atoms with Crippen LogP contribution in [0.3, 0.4) is 0 Å². The number of thioether (sulfide) groups is 1. The van der Waals surface area contributed by atoms with E-state index in [0.29, 0.717) is 11.8 Å². The molecule has 1 amide bonds. The zero-order valence-corrected chi connectivity index (χ0v) is 17.6. The molecule has 5 atom stereocenters. The first-order valence-electron chi connectivity index (χ1n) is 9.72. The van der Waals surface area contributed by atoms with Gasteiger partial charge in [-0.15, -0.1) is 10.2 Å². The van der Waals surface area contributed by atoms with Crippen LogP contribution in [0.4, 0.5) is 13.2 Å². The summed E-state index contributed by atoms with van der Waals surface area (Å²) in [6, 6.07) is 0.912. The van der Waals surface area contributed by atoms with Crippen LogP contribution in [0.15, 0.2) is 17.4 Å². The van der Waals surface area contributed by atoms with Crippen LogP contribution in [-0.4, -0.2) is 31.8 Å². The minimum absolute atomic E-state index is 0.0854. The Balaban J connectivity index is 1.46. The number of hydrogen-bond donors (Lipinski definition) is 1. The van der Waals surface area contributed by atoms with Gasteiger partial charge in [-0.1, -0.05) is 29.8 Å². The molecule has 158 valence electrons. The maximum Gasteiger partial charge on any atom is 0.417 e. The van der Waals surface area contributed by atoms with Gasteiger partial charge in [-0.25, -0.2) is 0 Å². The molecule has 4 rings (SSSR count). The second kappa shape index (κ2) is 7.65. The van der Waals surface area contributed by atoms with Gasteiger partial charge in [0, 0.05) is 12.2 Å². The highest BCUT2D eigenvalue weighted by Gasteiger charge is 2.42. The first kappa shape index (κ1) is 20.8. The van der Waals surface area contributed by atoms with Gasteiger partial charge in [0.1, 0.15) is 0 Å². The molecular weight excluding hydrogens is 425 g/mol. The Morgan fingerprint density at radius 3 is 2.69 bits per heavy atom. The molecule has 0 spiro atoms. The van der Waals surface area contributed by atoms with E-state index in [1.165, 1.54) is 30.1 Å². The van der Waals surface area contributed by atoms with Crippen LogP contribution < -0.4 is 5.32 Å². The van der Waals surface area contributed by atoms with Gasteiger partial charge in [-0.2, -0.15) is 13.2 Å². The van der Waals surface area contributed by atoms with E-state index in [0.717, 1.165) is 29.9 Å². The van der Waals surface area contributed by atoms with Gasteiger partial charge in [0.15, 0.2) is 10.8 Å². The molecule has 0 aliphatic heterocycles. The molecule has 0 radical (unpaired) electrons. The zero-order valence-electron chi connectivity index (χ0n) is 16.0. The number of alkyl halides is 3. The number of pyridine rings is 1. The molecule has 0 saturated heterocycles. The van der Waals surface area contributed by atoms with Gasteiger partial charge in [-0.3, -0.25) is 9.20 Å². The lowest BCUT2D eigenvalue weighted by Gasteiger charge is -2.29. The van der Waals surface area contributed by atoms with Crippen molar-refractivity contribution in [2.45, 2.75) is 62.2 Å². The van der Waals surface area contributed by atoms with Gasteiger partial charge >= 0.3 is 6.18 Å². The number of nitrogens with zero attached hydrogens (tertiary/aromatic N) is 3. The highest BCUT2D eigenvalue weighted by molar-refractivity contribution is 8.00. The Bertz CT molecular complexity index is 934. The summed E-state index contributed by atoms with van der Waals surface area (Å²) in [5.41, 5.74) is -0.760.